The van der Waals surface area contributed by atoms with Crippen LogP contribution < -0.4 is 10.6 Å². The Hall–Kier alpha value is -2.18. The monoisotopic (exact) mass is 273 g/mol. The largest absolute Gasteiger partial charge is 0.345 e. The van der Waals surface area contributed by atoms with E-state index in [0.29, 0.717) is 19.0 Å². The SMILES string of the molecule is C#CCN/C(=N/CCSCc1ccccn1)NC#N. The van der Waals surface area contributed by atoms with Gasteiger partial charge >= 0.3 is 0 Å². The Morgan fingerprint density at radius 2 is 2.42 bits per heavy atom. The first-order valence-electron chi connectivity index (χ1n) is 5.71. The van der Waals surface area contributed by atoms with Crippen molar-refractivity contribution in [3.05, 3.63) is 30.1 Å². The van der Waals surface area contributed by atoms with Gasteiger partial charge in [0.05, 0.1) is 18.8 Å². The Labute approximate surface area is 117 Å². The third-order valence-corrected chi connectivity index (χ3v) is 2.98. The van der Waals surface area contributed by atoms with Crippen molar-refractivity contribution in [1.29, 1.82) is 5.26 Å². The number of aliphatic imine (C=N–C) groups is 1. The molecule has 0 aromatic carbocycles. The summed E-state index contributed by atoms with van der Waals surface area (Å²) in [6.45, 7) is 0.952. The lowest BCUT2D eigenvalue weighted by Gasteiger charge is -2.04. The van der Waals surface area contributed by atoms with Gasteiger partial charge in [-0.05, 0) is 12.1 Å². The van der Waals surface area contributed by atoms with E-state index in [1.54, 1.807) is 18.0 Å². The molecule has 0 aliphatic carbocycles. The van der Waals surface area contributed by atoms with Crippen molar-refractivity contribution in [2.75, 3.05) is 18.8 Å². The van der Waals surface area contributed by atoms with Crippen LogP contribution in [0.3, 0.4) is 0 Å². The molecular formula is C13H15N5S. The third kappa shape index (κ3) is 6.97. The summed E-state index contributed by atoms with van der Waals surface area (Å²) in [7, 11) is 0. The second-order valence-corrected chi connectivity index (χ2v) is 4.50. The molecule has 0 fully saturated rings. The van der Waals surface area contributed by atoms with Gasteiger partial charge in [-0.25, -0.2) is 0 Å². The summed E-state index contributed by atoms with van der Waals surface area (Å²) in [5.74, 6) is 4.55. The average Bonchev–Trinajstić information content (AvgIpc) is 2.45. The summed E-state index contributed by atoms with van der Waals surface area (Å²) in [5, 5.41) is 13.8. The molecule has 1 aromatic rings. The Balaban J connectivity index is 2.24. The van der Waals surface area contributed by atoms with E-state index in [4.69, 9.17) is 11.7 Å². The lowest BCUT2D eigenvalue weighted by molar-refractivity contribution is 0.967. The molecule has 0 atom stereocenters. The Morgan fingerprint density at radius 3 is 3.11 bits per heavy atom. The topological polar surface area (TPSA) is 73.1 Å². The molecule has 0 aliphatic heterocycles. The van der Waals surface area contributed by atoms with Crippen LogP contribution in [0.1, 0.15) is 5.69 Å². The van der Waals surface area contributed by atoms with Crippen LogP contribution >= 0.6 is 11.8 Å². The van der Waals surface area contributed by atoms with Gasteiger partial charge in [0.15, 0.2) is 6.19 Å². The normalized spacial score (nSPS) is 10.3. The Kier molecular flexibility index (Phi) is 7.68. The first-order chi connectivity index (χ1) is 9.36. The summed E-state index contributed by atoms with van der Waals surface area (Å²) in [5.41, 5.74) is 1.05. The van der Waals surface area contributed by atoms with Gasteiger partial charge in [-0.1, -0.05) is 12.0 Å². The van der Waals surface area contributed by atoms with Crippen molar-refractivity contribution in [3.63, 3.8) is 0 Å². The zero-order chi connectivity index (χ0) is 13.8. The van der Waals surface area contributed by atoms with E-state index in [-0.39, 0.29) is 0 Å². The fraction of sp³-hybridized carbons (Fsp3) is 0.308. The molecule has 0 unspecified atom stereocenters. The molecule has 1 aromatic heterocycles. The third-order valence-electron chi connectivity index (χ3n) is 2.01. The fourth-order valence-electron chi connectivity index (χ4n) is 1.21. The average molecular weight is 273 g/mol. The number of rotatable bonds is 6. The van der Waals surface area contributed by atoms with E-state index in [1.807, 2.05) is 24.4 Å². The zero-order valence-electron chi connectivity index (χ0n) is 10.5. The first-order valence-corrected chi connectivity index (χ1v) is 6.87. The maximum atomic E-state index is 8.54. The van der Waals surface area contributed by atoms with Crippen molar-refractivity contribution >= 4 is 17.7 Å². The van der Waals surface area contributed by atoms with E-state index >= 15 is 0 Å². The van der Waals surface area contributed by atoms with Crippen LogP contribution in [0.4, 0.5) is 0 Å². The van der Waals surface area contributed by atoms with Gasteiger partial charge in [-0.15, -0.1) is 6.42 Å². The van der Waals surface area contributed by atoms with Crippen molar-refractivity contribution in [2.45, 2.75) is 5.75 Å². The van der Waals surface area contributed by atoms with Crippen LogP contribution in [0.2, 0.25) is 0 Å². The Bertz CT molecular complexity index is 472. The number of thioether (sulfide) groups is 1. The minimum atomic E-state index is 0.342. The quantitative estimate of drug-likeness (QED) is 0.202. The van der Waals surface area contributed by atoms with Crippen molar-refractivity contribution in [1.82, 2.24) is 15.6 Å². The predicted molar refractivity (Wildman–Crippen MR) is 78.3 cm³/mol. The molecule has 2 N–H and O–H groups in total. The molecular weight excluding hydrogens is 258 g/mol. The van der Waals surface area contributed by atoms with Crippen LogP contribution in [0.5, 0.6) is 0 Å². The van der Waals surface area contributed by atoms with Gasteiger partial charge in [0.25, 0.3) is 0 Å². The second-order valence-electron chi connectivity index (χ2n) is 3.40. The number of aromatic nitrogens is 1. The molecule has 1 heterocycles. The van der Waals surface area contributed by atoms with Crippen LogP contribution in [-0.4, -0.2) is 29.8 Å². The van der Waals surface area contributed by atoms with Crippen LogP contribution in [0.15, 0.2) is 29.4 Å². The number of nitrogens with zero attached hydrogens (tertiary/aromatic N) is 3. The summed E-state index contributed by atoms with van der Waals surface area (Å²) in [6, 6.07) is 5.86. The molecule has 0 saturated heterocycles. The second kappa shape index (κ2) is 9.81. The number of guanidine groups is 1. The maximum absolute atomic E-state index is 8.54. The van der Waals surface area contributed by atoms with E-state index in [2.05, 4.69) is 26.5 Å². The molecule has 0 radical (unpaired) electrons. The number of hydrogen-bond donors (Lipinski definition) is 2. The number of terminal acetylenes is 1. The molecule has 0 spiro atoms. The van der Waals surface area contributed by atoms with Crippen LogP contribution in [0, 0.1) is 23.8 Å². The van der Waals surface area contributed by atoms with Crippen molar-refractivity contribution < 1.29 is 0 Å². The van der Waals surface area contributed by atoms with Crippen molar-refractivity contribution in [3.8, 4) is 18.5 Å². The number of hydrogen-bond acceptors (Lipinski definition) is 4. The minimum absolute atomic E-state index is 0.342. The summed E-state index contributed by atoms with van der Waals surface area (Å²) in [4.78, 5) is 8.45. The minimum Gasteiger partial charge on any atom is -0.345 e. The fourth-order valence-corrected chi connectivity index (χ4v) is 1.95. The smallest absolute Gasteiger partial charge is 0.205 e. The van der Waals surface area contributed by atoms with Gasteiger partial charge in [0.2, 0.25) is 5.96 Å². The van der Waals surface area contributed by atoms with Crippen molar-refractivity contribution in [2.24, 2.45) is 4.99 Å². The van der Waals surface area contributed by atoms with Gasteiger partial charge in [-0.2, -0.15) is 17.0 Å². The number of nitrogens with one attached hydrogen (secondary N) is 2. The highest BCUT2D eigenvalue weighted by Crippen LogP contribution is 2.08. The molecule has 1 rings (SSSR count). The molecule has 0 saturated carbocycles. The zero-order valence-corrected chi connectivity index (χ0v) is 11.3. The lowest BCUT2D eigenvalue weighted by Crippen LogP contribution is -2.34. The molecule has 0 amide bonds. The van der Waals surface area contributed by atoms with Gasteiger partial charge in [0.1, 0.15) is 0 Å². The highest BCUT2D eigenvalue weighted by Gasteiger charge is 1.96. The maximum Gasteiger partial charge on any atom is 0.205 e. The molecule has 19 heavy (non-hydrogen) atoms. The summed E-state index contributed by atoms with van der Waals surface area (Å²) < 4.78 is 0. The van der Waals surface area contributed by atoms with Gasteiger partial charge < -0.3 is 5.32 Å². The molecule has 98 valence electrons. The van der Waals surface area contributed by atoms with Crippen LogP contribution in [0.25, 0.3) is 0 Å². The Morgan fingerprint density at radius 1 is 1.53 bits per heavy atom. The highest BCUT2D eigenvalue weighted by molar-refractivity contribution is 7.98. The number of pyridine rings is 1. The highest BCUT2D eigenvalue weighted by atomic mass is 32.2. The van der Waals surface area contributed by atoms with Crippen LogP contribution in [-0.2, 0) is 5.75 Å². The molecule has 0 aliphatic rings. The first kappa shape index (κ1) is 14.9. The van der Waals surface area contributed by atoms with E-state index < -0.39 is 0 Å². The molecule has 6 heteroatoms. The molecule has 5 nitrogen and oxygen atoms in total. The van der Waals surface area contributed by atoms with E-state index in [0.717, 1.165) is 17.2 Å². The van der Waals surface area contributed by atoms with Gasteiger partial charge in [-0.3, -0.25) is 15.3 Å². The number of nitriles is 1. The summed E-state index contributed by atoms with van der Waals surface area (Å²) >= 11 is 1.74. The van der Waals surface area contributed by atoms with Gasteiger partial charge in [0, 0.05) is 17.7 Å². The van der Waals surface area contributed by atoms with E-state index in [1.165, 1.54) is 0 Å². The lowest BCUT2D eigenvalue weighted by atomic mass is 10.4. The molecule has 0 bridgehead atoms. The summed E-state index contributed by atoms with van der Waals surface area (Å²) in [6.07, 6.45) is 8.72. The van der Waals surface area contributed by atoms with E-state index in [9.17, 15) is 0 Å². The standard InChI is InChI=1S/C13H15N5S/c1-2-6-16-13(18-11-14)17-8-9-19-10-12-5-3-4-7-15-12/h1,3-5,7H,6,8-10H2,(H2,16,17,18). The predicted octanol–water partition coefficient (Wildman–Crippen LogP) is 0.964.